The van der Waals surface area contributed by atoms with Crippen molar-refractivity contribution in [3.05, 3.63) is 72.8 Å². The summed E-state index contributed by atoms with van der Waals surface area (Å²) in [6, 6.07) is 27.1. The average Bonchev–Trinajstić information content (AvgIpc) is 3.02. The Morgan fingerprint density at radius 2 is 1.02 bits per heavy atom. The van der Waals surface area contributed by atoms with E-state index < -0.39 is 0 Å². The molecule has 0 atom stereocenters. The summed E-state index contributed by atoms with van der Waals surface area (Å²) in [5.74, 6) is 3.01. The molecule has 1 aromatic heterocycles. The van der Waals surface area contributed by atoms with Gasteiger partial charge in [0.2, 0.25) is 0 Å². The summed E-state index contributed by atoms with van der Waals surface area (Å²) in [6.45, 7) is 10.1. The molecule has 0 saturated carbocycles. The fourth-order valence-corrected chi connectivity index (χ4v) is 4.42. The second-order valence-electron chi connectivity index (χ2n) is 9.34. The number of hydrogen-bond acceptors (Lipinski definition) is 8. The lowest BCUT2D eigenvalue weighted by molar-refractivity contribution is 0.323. The second kappa shape index (κ2) is 16.3. The van der Waals surface area contributed by atoms with Crippen LogP contribution in [0.4, 0.5) is 5.69 Å². The van der Waals surface area contributed by atoms with Crippen molar-refractivity contribution >= 4 is 5.69 Å². The maximum atomic E-state index is 7.26. The van der Waals surface area contributed by atoms with Gasteiger partial charge in [0.1, 0.15) is 23.0 Å². The molecule has 0 fully saturated rings. The molecule has 8 heteroatoms. The van der Waals surface area contributed by atoms with Crippen LogP contribution in [-0.4, -0.2) is 45.5 Å². The van der Waals surface area contributed by atoms with E-state index in [1.54, 1.807) is 0 Å². The summed E-state index contributed by atoms with van der Waals surface area (Å²) < 4.78 is 23.6. The van der Waals surface area contributed by atoms with Gasteiger partial charge in [-0.3, -0.25) is 0 Å². The van der Waals surface area contributed by atoms with Crippen LogP contribution in [0.3, 0.4) is 0 Å². The van der Waals surface area contributed by atoms with E-state index in [4.69, 9.17) is 34.5 Å². The third-order valence-electron chi connectivity index (χ3n) is 6.27. The van der Waals surface area contributed by atoms with E-state index in [9.17, 15) is 0 Å². The number of rotatable bonds is 12. The van der Waals surface area contributed by atoms with Gasteiger partial charge in [-0.15, -0.1) is 0 Å². The Hall–Kier alpha value is -5.21. The van der Waals surface area contributed by atoms with Gasteiger partial charge >= 0.3 is 0 Å². The molecule has 3 aromatic carbocycles. The number of aromatic nitrogens is 1. The van der Waals surface area contributed by atoms with Crippen LogP contribution in [0, 0.1) is 22.7 Å². The molecule has 0 aliphatic rings. The Morgan fingerprint density at radius 3 is 1.40 bits per heavy atom. The molecule has 0 unspecified atom stereocenters. The summed E-state index contributed by atoms with van der Waals surface area (Å²) in [6.07, 6.45) is 0. The van der Waals surface area contributed by atoms with E-state index in [0.717, 1.165) is 62.3 Å². The van der Waals surface area contributed by atoms with Crippen molar-refractivity contribution in [2.45, 2.75) is 27.7 Å². The maximum Gasteiger partial charge on any atom is 0.181 e. The highest BCUT2D eigenvalue weighted by molar-refractivity contribution is 5.81. The monoisotopic (exact) mass is 578 g/mol. The molecule has 222 valence electrons. The fraction of sp³-hybridized carbons (Fsp3) is 0.286. The number of anilines is 1. The summed E-state index contributed by atoms with van der Waals surface area (Å²) in [5, 5.41) is 14.5. The van der Waals surface area contributed by atoms with Gasteiger partial charge in [-0.05, 0) is 87.4 Å². The summed E-state index contributed by atoms with van der Waals surface area (Å²) in [4.78, 5) is 7.23. The molecule has 1 heterocycles. The molecule has 0 amide bonds. The lowest BCUT2D eigenvalue weighted by Crippen LogP contribution is -2.07. The van der Waals surface area contributed by atoms with Crippen molar-refractivity contribution < 1.29 is 18.9 Å². The molecule has 0 aliphatic heterocycles. The molecule has 0 radical (unpaired) electrons. The minimum absolute atomic E-state index is 0.536. The van der Waals surface area contributed by atoms with Crippen LogP contribution in [0.5, 0.6) is 23.0 Å². The molecular formula is C35H38N4O4. The van der Waals surface area contributed by atoms with Crippen LogP contribution in [0.15, 0.2) is 72.8 Å². The standard InChI is InChI=1S/C33H38N2O4.C2N2/c1-7-36-26-15-17-28(32(21-26)38-9-3)30-19-24(23-11-13-25(14-12-23)35(5)6)20-31(34-30)29-18-16-27(37-8-2)22-33(29)39-10-4;3-1-2-4/h11-22H,7-10H2,1-6H3;. The average molecular weight is 579 g/mol. The smallest absolute Gasteiger partial charge is 0.181 e. The molecule has 0 spiro atoms. The molecule has 43 heavy (non-hydrogen) atoms. The van der Waals surface area contributed by atoms with Gasteiger partial charge < -0.3 is 23.8 Å². The van der Waals surface area contributed by atoms with E-state index >= 15 is 0 Å². The largest absolute Gasteiger partial charge is 0.494 e. The molecular weight excluding hydrogens is 540 g/mol. The van der Waals surface area contributed by atoms with Crippen LogP contribution in [0.25, 0.3) is 33.6 Å². The predicted molar refractivity (Wildman–Crippen MR) is 171 cm³/mol. The second-order valence-corrected chi connectivity index (χ2v) is 9.34. The van der Waals surface area contributed by atoms with Crippen molar-refractivity contribution in [2.24, 2.45) is 0 Å². The quantitative estimate of drug-likeness (QED) is 0.168. The number of benzene rings is 3. The molecule has 4 rings (SSSR count). The van der Waals surface area contributed by atoms with E-state index in [-0.39, 0.29) is 0 Å². The van der Waals surface area contributed by atoms with Crippen molar-refractivity contribution in [2.75, 3.05) is 45.4 Å². The highest BCUT2D eigenvalue weighted by atomic mass is 16.5. The van der Waals surface area contributed by atoms with Gasteiger partial charge in [0, 0.05) is 43.0 Å². The summed E-state index contributed by atoms with van der Waals surface area (Å²) in [5.41, 5.74) is 6.70. The summed E-state index contributed by atoms with van der Waals surface area (Å²) >= 11 is 0. The van der Waals surface area contributed by atoms with Crippen LogP contribution in [0.2, 0.25) is 0 Å². The third-order valence-corrected chi connectivity index (χ3v) is 6.27. The topological polar surface area (TPSA) is 101 Å². The minimum Gasteiger partial charge on any atom is -0.494 e. The maximum absolute atomic E-state index is 7.26. The van der Waals surface area contributed by atoms with Gasteiger partial charge in [-0.1, -0.05) is 12.1 Å². The molecule has 4 aromatic rings. The molecule has 8 nitrogen and oxygen atoms in total. The van der Waals surface area contributed by atoms with Gasteiger partial charge in [-0.2, -0.15) is 10.5 Å². The van der Waals surface area contributed by atoms with Crippen LogP contribution < -0.4 is 23.8 Å². The number of pyridine rings is 1. The number of nitrogens with zero attached hydrogens (tertiary/aromatic N) is 4. The van der Waals surface area contributed by atoms with Crippen molar-refractivity contribution in [1.82, 2.24) is 4.98 Å². The first-order valence-electron chi connectivity index (χ1n) is 14.3. The first kappa shape index (κ1) is 32.3. The number of ether oxygens (including phenoxy) is 4. The lowest BCUT2D eigenvalue weighted by Gasteiger charge is -2.17. The lowest BCUT2D eigenvalue weighted by atomic mass is 9.99. The third kappa shape index (κ3) is 8.64. The Morgan fingerprint density at radius 1 is 0.581 bits per heavy atom. The van der Waals surface area contributed by atoms with E-state index in [1.165, 1.54) is 12.1 Å². The predicted octanol–water partition coefficient (Wildman–Crippen LogP) is 7.78. The normalized spacial score (nSPS) is 9.95. The fourth-order valence-electron chi connectivity index (χ4n) is 4.42. The highest BCUT2D eigenvalue weighted by Gasteiger charge is 2.17. The highest BCUT2D eigenvalue weighted by Crippen LogP contribution is 2.39. The minimum atomic E-state index is 0.536. The summed E-state index contributed by atoms with van der Waals surface area (Å²) in [7, 11) is 4.08. The Kier molecular flexibility index (Phi) is 12.2. The first-order chi connectivity index (χ1) is 20.9. The van der Waals surface area contributed by atoms with Gasteiger partial charge in [0.25, 0.3) is 0 Å². The van der Waals surface area contributed by atoms with E-state index in [0.29, 0.717) is 26.4 Å². The number of nitriles is 2. The first-order valence-corrected chi connectivity index (χ1v) is 14.3. The zero-order valence-corrected chi connectivity index (χ0v) is 25.7. The Bertz CT molecular complexity index is 1480. The van der Waals surface area contributed by atoms with Gasteiger partial charge in [0.05, 0.1) is 37.8 Å². The van der Waals surface area contributed by atoms with Crippen LogP contribution in [0.1, 0.15) is 27.7 Å². The van der Waals surface area contributed by atoms with Crippen LogP contribution >= 0.6 is 0 Å². The molecule has 0 N–H and O–H groups in total. The zero-order valence-electron chi connectivity index (χ0n) is 25.7. The van der Waals surface area contributed by atoms with Gasteiger partial charge in [0.15, 0.2) is 12.1 Å². The zero-order chi connectivity index (χ0) is 31.2. The van der Waals surface area contributed by atoms with Crippen LogP contribution in [-0.2, 0) is 0 Å². The molecule has 0 saturated heterocycles. The SMILES string of the molecule is CCOc1ccc(-c2cc(-c3ccc(N(C)C)cc3)cc(-c3ccc(OCC)cc3OCC)n2)c(OCC)c1.N#CC#N. The number of hydrogen-bond donors (Lipinski definition) is 0. The van der Waals surface area contributed by atoms with Crippen molar-refractivity contribution in [3.8, 4) is 68.8 Å². The van der Waals surface area contributed by atoms with Crippen molar-refractivity contribution in [1.29, 1.82) is 10.5 Å². The van der Waals surface area contributed by atoms with E-state index in [1.807, 2.05) is 78.2 Å². The Balaban J connectivity index is 0.00000119. The van der Waals surface area contributed by atoms with E-state index in [2.05, 4.69) is 41.3 Å². The van der Waals surface area contributed by atoms with Gasteiger partial charge in [-0.25, -0.2) is 4.98 Å². The Labute approximate surface area is 254 Å². The van der Waals surface area contributed by atoms with Crippen molar-refractivity contribution in [3.63, 3.8) is 0 Å². The molecule has 0 aliphatic carbocycles. The molecule has 0 bridgehead atoms.